The van der Waals surface area contributed by atoms with Crippen molar-refractivity contribution >= 4 is 40.4 Å². The molecule has 0 aliphatic heterocycles. The maximum Gasteiger partial charge on any atom is 0.234 e. The third-order valence-electron chi connectivity index (χ3n) is 3.35. The average Bonchev–Trinajstić information content (AvgIpc) is 2.98. The first kappa shape index (κ1) is 17.3. The number of hydrogen-bond donors (Lipinski definition) is 2. The van der Waals surface area contributed by atoms with Crippen molar-refractivity contribution in [2.45, 2.75) is 25.9 Å². The average molecular weight is 357 g/mol. The normalized spacial score (nSPS) is 13.6. The minimum atomic E-state index is -0.170. The molecular weight excluding hydrogens is 339 g/mol. The van der Waals surface area contributed by atoms with Gasteiger partial charge in [0.15, 0.2) is 0 Å². The standard InChI is InChI=1S/C16H18Cl2N2OS/c1-10(13-6-5-12(17)8-14(13)18)20-16(21)9-19-11(2)15-4-3-7-22-15/h3-8,10-11,19H,9H2,1-2H3,(H,20,21). The first-order valence-corrected chi connectivity index (χ1v) is 8.62. The summed E-state index contributed by atoms with van der Waals surface area (Å²) in [6.45, 7) is 4.20. The molecule has 0 saturated heterocycles. The van der Waals surface area contributed by atoms with Crippen LogP contribution in [0.3, 0.4) is 0 Å². The van der Waals surface area contributed by atoms with Gasteiger partial charge in [0.05, 0.1) is 12.6 Å². The number of nitrogens with one attached hydrogen (secondary N) is 2. The molecule has 2 unspecified atom stereocenters. The van der Waals surface area contributed by atoms with Crippen molar-refractivity contribution in [1.82, 2.24) is 10.6 Å². The quantitative estimate of drug-likeness (QED) is 0.794. The molecule has 1 aromatic carbocycles. The topological polar surface area (TPSA) is 41.1 Å². The maximum atomic E-state index is 12.0. The molecule has 1 aromatic heterocycles. The molecule has 2 aromatic rings. The lowest BCUT2D eigenvalue weighted by Crippen LogP contribution is -2.36. The molecule has 0 spiro atoms. The zero-order chi connectivity index (χ0) is 16.1. The Morgan fingerprint density at radius 2 is 2.00 bits per heavy atom. The summed E-state index contributed by atoms with van der Waals surface area (Å²) < 4.78 is 0. The monoisotopic (exact) mass is 356 g/mol. The van der Waals surface area contributed by atoms with Crippen LogP contribution in [0.5, 0.6) is 0 Å². The third-order valence-corrected chi connectivity index (χ3v) is 4.96. The molecular formula is C16H18Cl2N2OS. The number of amides is 1. The fourth-order valence-corrected chi connectivity index (χ4v) is 3.44. The Hall–Kier alpha value is -1.07. The molecule has 2 atom stereocenters. The van der Waals surface area contributed by atoms with Crippen molar-refractivity contribution in [2.75, 3.05) is 6.54 Å². The molecule has 0 aliphatic rings. The van der Waals surface area contributed by atoms with Gasteiger partial charge in [-0.3, -0.25) is 4.79 Å². The molecule has 0 bridgehead atoms. The van der Waals surface area contributed by atoms with Gasteiger partial charge in [-0.25, -0.2) is 0 Å². The van der Waals surface area contributed by atoms with Crippen LogP contribution < -0.4 is 10.6 Å². The molecule has 0 fully saturated rings. The van der Waals surface area contributed by atoms with Gasteiger partial charge < -0.3 is 10.6 Å². The zero-order valence-electron chi connectivity index (χ0n) is 12.4. The summed E-state index contributed by atoms with van der Waals surface area (Å²) in [6.07, 6.45) is 0. The summed E-state index contributed by atoms with van der Waals surface area (Å²) in [5, 5.41) is 9.31. The van der Waals surface area contributed by atoms with Crippen LogP contribution >= 0.6 is 34.5 Å². The highest BCUT2D eigenvalue weighted by molar-refractivity contribution is 7.10. The van der Waals surface area contributed by atoms with Gasteiger partial charge in [-0.05, 0) is 43.0 Å². The van der Waals surface area contributed by atoms with Crippen LogP contribution in [0.1, 0.15) is 36.4 Å². The van der Waals surface area contributed by atoms with E-state index in [1.165, 1.54) is 4.88 Å². The Morgan fingerprint density at radius 3 is 2.64 bits per heavy atom. The van der Waals surface area contributed by atoms with Crippen molar-refractivity contribution in [3.8, 4) is 0 Å². The van der Waals surface area contributed by atoms with Gasteiger partial charge in [-0.15, -0.1) is 11.3 Å². The number of halogens is 2. The predicted octanol–water partition coefficient (Wildman–Crippen LogP) is 4.58. The van der Waals surface area contributed by atoms with Crippen molar-refractivity contribution in [1.29, 1.82) is 0 Å². The predicted molar refractivity (Wildman–Crippen MR) is 93.8 cm³/mol. The van der Waals surface area contributed by atoms with E-state index >= 15 is 0 Å². The summed E-state index contributed by atoms with van der Waals surface area (Å²) in [5.41, 5.74) is 0.853. The second-order valence-electron chi connectivity index (χ2n) is 5.07. The van der Waals surface area contributed by atoms with Gasteiger partial charge >= 0.3 is 0 Å². The van der Waals surface area contributed by atoms with E-state index in [1.807, 2.05) is 31.4 Å². The van der Waals surface area contributed by atoms with Crippen molar-refractivity contribution < 1.29 is 4.79 Å². The first-order chi connectivity index (χ1) is 10.5. The van der Waals surface area contributed by atoms with Crippen LogP contribution in [0.15, 0.2) is 35.7 Å². The van der Waals surface area contributed by atoms with E-state index in [-0.39, 0.29) is 24.5 Å². The molecule has 3 nitrogen and oxygen atoms in total. The van der Waals surface area contributed by atoms with E-state index in [4.69, 9.17) is 23.2 Å². The van der Waals surface area contributed by atoms with Crippen LogP contribution in [0.4, 0.5) is 0 Å². The van der Waals surface area contributed by atoms with Crippen LogP contribution in [0.2, 0.25) is 10.0 Å². The molecule has 118 valence electrons. The Kier molecular flexibility index (Phi) is 6.26. The highest BCUT2D eigenvalue weighted by Crippen LogP contribution is 2.26. The number of thiophene rings is 1. The number of carbonyl (C=O) groups excluding carboxylic acids is 1. The lowest BCUT2D eigenvalue weighted by molar-refractivity contribution is -0.121. The molecule has 0 radical (unpaired) electrons. The molecule has 0 saturated carbocycles. The fourth-order valence-electron chi connectivity index (χ4n) is 2.11. The second-order valence-corrected chi connectivity index (χ2v) is 6.90. The van der Waals surface area contributed by atoms with Gasteiger partial charge in [0, 0.05) is 21.0 Å². The second kappa shape index (κ2) is 7.97. The molecule has 1 heterocycles. The summed E-state index contributed by atoms with van der Waals surface area (Å²) in [5.74, 6) is -0.0677. The minimum Gasteiger partial charge on any atom is -0.348 e. The van der Waals surface area contributed by atoms with Crippen LogP contribution in [0.25, 0.3) is 0 Å². The van der Waals surface area contributed by atoms with E-state index in [9.17, 15) is 4.79 Å². The molecule has 1 amide bonds. The number of hydrogen-bond acceptors (Lipinski definition) is 3. The largest absolute Gasteiger partial charge is 0.348 e. The van der Waals surface area contributed by atoms with Gasteiger partial charge in [-0.2, -0.15) is 0 Å². The van der Waals surface area contributed by atoms with E-state index in [2.05, 4.69) is 16.7 Å². The molecule has 22 heavy (non-hydrogen) atoms. The number of rotatable bonds is 6. The van der Waals surface area contributed by atoms with Crippen LogP contribution in [0, 0.1) is 0 Å². The van der Waals surface area contributed by atoms with E-state index < -0.39 is 0 Å². The highest BCUT2D eigenvalue weighted by Gasteiger charge is 2.14. The lowest BCUT2D eigenvalue weighted by atomic mass is 10.1. The molecule has 0 aliphatic carbocycles. The van der Waals surface area contributed by atoms with Gasteiger partial charge in [-0.1, -0.05) is 35.3 Å². The van der Waals surface area contributed by atoms with Gasteiger partial charge in [0.1, 0.15) is 0 Å². The third kappa shape index (κ3) is 4.71. The number of benzene rings is 1. The van der Waals surface area contributed by atoms with Gasteiger partial charge in [0.2, 0.25) is 5.91 Å². The Labute approximate surface area is 144 Å². The summed E-state index contributed by atoms with van der Waals surface area (Å²) in [4.78, 5) is 13.2. The fraction of sp³-hybridized carbons (Fsp3) is 0.312. The highest BCUT2D eigenvalue weighted by atomic mass is 35.5. The van der Waals surface area contributed by atoms with E-state index in [0.717, 1.165) is 5.56 Å². The Morgan fingerprint density at radius 1 is 1.23 bits per heavy atom. The molecule has 2 rings (SSSR count). The summed E-state index contributed by atoms with van der Waals surface area (Å²) >= 11 is 13.7. The van der Waals surface area contributed by atoms with Gasteiger partial charge in [0.25, 0.3) is 0 Å². The summed E-state index contributed by atoms with van der Waals surface area (Å²) in [7, 11) is 0. The molecule has 2 N–H and O–H groups in total. The smallest absolute Gasteiger partial charge is 0.234 e. The zero-order valence-corrected chi connectivity index (χ0v) is 14.7. The van der Waals surface area contributed by atoms with Crippen LogP contribution in [-0.4, -0.2) is 12.5 Å². The van der Waals surface area contributed by atoms with Crippen LogP contribution in [-0.2, 0) is 4.79 Å². The van der Waals surface area contributed by atoms with E-state index in [0.29, 0.717) is 10.0 Å². The van der Waals surface area contributed by atoms with Crippen molar-refractivity contribution in [2.24, 2.45) is 0 Å². The SMILES string of the molecule is CC(NCC(=O)NC(C)c1ccc(Cl)cc1Cl)c1cccs1. The Bertz CT molecular complexity index is 631. The summed E-state index contributed by atoms with van der Waals surface area (Å²) in [6, 6.07) is 9.31. The lowest BCUT2D eigenvalue weighted by Gasteiger charge is -2.17. The Balaban J connectivity index is 1.86. The van der Waals surface area contributed by atoms with Crippen molar-refractivity contribution in [3.63, 3.8) is 0 Å². The number of carbonyl (C=O) groups is 1. The maximum absolute atomic E-state index is 12.0. The first-order valence-electron chi connectivity index (χ1n) is 6.98. The van der Waals surface area contributed by atoms with Crippen molar-refractivity contribution in [3.05, 3.63) is 56.2 Å². The molecule has 6 heteroatoms. The van der Waals surface area contributed by atoms with E-state index in [1.54, 1.807) is 23.5 Å². The minimum absolute atomic E-state index is 0.0677.